The molecule has 29 heavy (non-hydrogen) atoms. The molecule has 1 N–H and O–H groups in total. The first-order valence-corrected chi connectivity index (χ1v) is 10.1. The third kappa shape index (κ3) is 4.27. The highest BCUT2D eigenvalue weighted by Crippen LogP contribution is 2.21. The second-order valence-electron chi connectivity index (χ2n) is 6.95. The van der Waals surface area contributed by atoms with Crippen molar-refractivity contribution in [2.75, 3.05) is 12.4 Å². The third-order valence-electron chi connectivity index (χ3n) is 5.15. The lowest BCUT2D eigenvalue weighted by Gasteiger charge is -2.27. The molecule has 152 valence electrons. The van der Waals surface area contributed by atoms with E-state index in [2.05, 4.69) is 17.2 Å². The molecular formula is C22H25ClN4O2. The molecule has 0 aliphatic carbocycles. The highest BCUT2D eigenvalue weighted by atomic mass is 35.5. The smallest absolute Gasteiger partial charge is 0.318 e. The Labute approximate surface area is 175 Å². The normalized spacial score (nSPS) is 12.0. The number of halogens is 1. The fourth-order valence-corrected chi connectivity index (χ4v) is 3.39. The van der Waals surface area contributed by atoms with Crippen LogP contribution in [0.15, 0.2) is 47.3 Å². The van der Waals surface area contributed by atoms with E-state index in [0.29, 0.717) is 28.3 Å². The van der Waals surface area contributed by atoms with Crippen molar-refractivity contribution in [2.24, 2.45) is 0 Å². The molecule has 3 aromatic rings. The minimum absolute atomic E-state index is 0.161. The van der Waals surface area contributed by atoms with Gasteiger partial charge in [0.25, 0.3) is 5.56 Å². The lowest BCUT2D eigenvalue weighted by Crippen LogP contribution is -2.37. The number of amides is 2. The highest BCUT2D eigenvalue weighted by molar-refractivity contribution is 6.31. The minimum atomic E-state index is -0.405. The van der Waals surface area contributed by atoms with Gasteiger partial charge in [0.1, 0.15) is 5.82 Å². The standard InChI is InChI=1S/C22H25ClN4O2/c1-5-15-7-10-17(11-8-15)24-22(29)26(4)14(3)20-25-19-12-9-16(23)13-18(19)21(28)27(20)6-2/h7-14H,5-6H2,1-4H3,(H,24,29). The lowest BCUT2D eigenvalue weighted by atomic mass is 10.1. The van der Waals surface area contributed by atoms with E-state index in [1.165, 1.54) is 5.56 Å². The van der Waals surface area contributed by atoms with Gasteiger partial charge in [-0.15, -0.1) is 0 Å². The van der Waals surface area contributed by atoms with E-state index in [9.17, 15) is 9.59 Å². The number of urea groups is 1. The first-order chi connectivity index (χ1) is 13.8. The van der Waals surface area contributed by atoms with E-state index in [0.717, 1.165) is 12.1 Å². The Morgan fingerprint density at radius 1 is 1.21 bits per heavy atom. The highest BCUT2D eigenvalue weighted by Gasteiger charge is 2.23. The number of fused-ring (bicyclic) bond motifs is 1. The van der Waals surface area contributed by atoms with Crippen LogP contribution >= 0.6 is 11.6 Å². The Balaban J connectivity index is 1.90. The maximum absolute atomic E-state index is 12.9. The summed E-state index contributed by atoms with van der Waals surface area (Å²) >= 11 is 6.04. The van der Waals surface area contributed by atoms with Gasteiger partial charge >= 0.3 is 6.03 Å². The quantitative estimate of drug-likeness (QED) is 0.650. The van der Waals surface area contributed by atoms with Crippen LogP contribution in [0, 0.1) is 0 Å². The van der Waals surface area contributed by atoms with E-state index in [1.807, 2.05) is 38.1 Å². The molecule has 1 atom stereocenters. The Morgan fingerprint density at radius 3 is 2.52 bits per heavy atom. The molecule has 2 aromatic carbocycles. The zero-order valence-corrected chi connectivity index (χ0v) is 17.8. The van der Waals surface area contributed by atoms with E-state index in [-0.39, 0.29) is 11.6 Å². The molecule has 7 heteroatoms. The van der Waals surface area contributed by atoms with Crippen LogP contribution in [0.2, 0.25) is 5.02 Å². The summed E-state index contributed by atoms with van der Waals surface area (Å²) < 4.78 is 1.59. The number of aromatic nitrogens is 2. The molecule has 1 aromatic heterocycles. The number of benzene rings is 2. The van der Waals surface area contributed by atoms with Crippen molar-refractivity contribution < 1.29 is 4.79 Å². The van der Waals surface area contributed by atoms with Gasteiger partial charge in [0.2, 0.25) is 0 Å². The van der Waals surface area contributed by atoms with Crippen molar-refractivity contribution in [2.45, 2.75) is 39.8 Å². The zero-order valence-electron chi connectivity index (χ0n) is 17.1. The predicted octanol–water partition coefficient (Wildman–Crippen LogP) is 4.86. The van der Waals surface area contributed by atoms with E-state index in [4.69, 9.17) is 11.6 Å². The maximum Gasteiger partial charge on any atom is 0.322 e. The van der Waals surface area contributed by atoms with Crippen molar-refractivity contribution in [3.8, 4) is 0 Å². The van der Waals surface area contributed by atoms with Crippen LogP contribution in [0.3, 0.4) is 0 Å². The average Bonchev–Trinajstić information content (AvgIpc) is 2.73. The van der Waals surface area contributed by atoms with Crippen molar-refractivity contribution in [3.05, 3.63) is 69.2 Å². The van der Waals surface area contributed by atoms with Gasteiger partial charge in [0.05, 0.1) is 16.9 Å². The van der Waals surface area contributed by atoms with Gasteiger partial charge in [-0.05, 0) is 56.2 Å². The Kier molecular flexibility index (Phi) is 6.23. The van der Waals surface area contributed by atoms with Crippen LogP contribution in [-0.4, -0.2) is 27.5 Å². The SMILES string of the molecule is CCc1ccc(NC(=O)N(C)C(C)c2nc3ccc(Cl)cc3c(=O)n2CC)cc1. The molecule has 6 nitrogen and oxygen atoms in total. The summed E-state index contributed by atoms with van der Waals surface area (Å²) in [5, 5.41) is 3.86. The summed E-state index contributed by atoms with van der Waals surface area (Å²) in [5.74, 6) is 0.534. The molecule has 0 radical (unpaired) electrons. The van der Waals surface area contributed by atoms with E-state index >= 15 is 0 Å². The molecule has 0 aliphatic rings. The van der Waals surface area contributed by atoms with Crippen LogP contribution in [0.5, 0.6) is 0 Å². The molecule has 1 unspecified atom stereocenters. The molecule has 0 spiro atoms. The number of aryl methyl sites for hydroxylation is 1. The molecule has 2 amide bonds. The molecule has 0 bridgehead atoms. The van der Waals surface area contributed by atoms with Crippen molar-refractivity contribution >= 4 is 34.2 Å². The Bertz CT molecular complexity index is 1090. The number of anilines is 1. The Hall–Kier alpha value is -2.86. The number of nitrogens with zero attached hydrogens (tertiary/aromatic N) is 3. The number of hydrogen-bond acceptors (Lipinski definition) is 3. The molecule has 0 saturated heterocycles. The molecule has 0 aliphatic heterocycles. The van der Waals surface area contributed by atoms with Gasteiger partial charge in [-0.2, -0.15) is 0 Å². The van der Waals surface area contributed by atoms with Crippen LogP contribution in [0.25, 0.3) is 10.9 Å². The number of carbonyl (C=O) groups is 1. The molecule has 1 heterocycles. The van der Waals surface area contributed by atoms with Crippen molar-refractivity contribution in [3.63, 3.8) is 0 Å². The van der Waals surface area contributed by atoms with Crippen molar-refractivity contribution in [1.29, 1.82) is 0 Å². The first kappa shape index (κ1) is 20.9. The summed E-state index contributed by atoms with van der Waals surface area (Å²) in [5.41, 5.74) is 2.33. The van der Waals surface area contributed by atoms with Crippen LogP contribution < -0.4 is 10.9 Å². The first-order valence-electron chi connectivity index (χ1n) is 9.68. The summed E-state index contributed by atoms with van der Waals surface area (Å²) in [4.78, 5) is 31.9. The Morgan fingerprint density at radius 2 is 1.90 bits per heavy atom. The summed E-state index contributed by atoms with van der Waals surface area (Å²) in [6.07, 6.45) is 0.943. The van der Waals surface area contributed by atoms with Crippen LogP contribution in [0.4, 0.5) is 10.5 Å². The van der Waals surface area contributed by atoms with Gasteiger partial charge in [-0.25, -0.2) is 9.78 Å². The van der Waals surface area contributed by atoms with E-state index in [1.54, 1.807) is 34.7 Å². The summed E-state index contributed by atoms with van der Waals surface area (Å²) in [7, 11) is 1.69. The second kappa shape index (κ2) is 8.66. The zero-order chi connectivity index (χ0) is 21.1. The lowest BCUT2D eigenvalue weighted by molar-refractivity contribution is 0.204. The molecule has 0 fully saturated rings. The van der Waals surface area contributed by atoms with Gasteiger partial charge in [-0.3, -0.25) is 9.36 Å². The van der Waals surface area contributed by atoms with Gasteiger partial charge in [0, 0.05) is 24.3 Å². The number of carbonyl (C=O) groups excluding carboxylic acids is 1. The minimum Gasteiger partial charge on any atom is -0.318 e. The number of rotatable bonds is 5. The van der Waals surface area contributed by atoms with Gasteiger partial charge in [-0.1, -0.05) is 30.7 Å². The average molecular weight is 413 g/mol. The number of nitrogens with one attached hydrogen (secondary N) is 1. The fraction of sp³-hybridized carbons (Fsp3) is 0.318. The topological polar surface area (TPSA) is 67.2 Å². The monoisotopic (exact) mass is 412 g/mol. The maximum atomic E-state index is 12.9. The summed E-state index contributed by atoms with van der Waals surface area (Å²) in [6, 6.07) is 12.1. The largest absolute Gasteiger partial charge is 0.322 e. The van der Waals surface area contributed by atoms with Gasteiger partial charge in [0.15, 0.2) is 0 Å². The van der Waals surface area contributed by atoms with Crippen LogP contribution in [0.1, 0.15) is 38.2 Å². The molecule has 0 saturated carbocycles. The molecular weight excluding hydrogens is 388 g/mol. The third-order valence-corrected chi connectivity index (χ3v) is 5.39. The fourth-order valence-electron chi connectivity index (χ4n) is 3.22. The summed E-state index contributed by atoms with van der Waals surface area (Å²) in [6.45, 7) is 6.27. The van der Waals surface area contributed by atoms with Crippen LogP contribution in [-0.2, 0) is 13.0 Å². The van der Waals surface area contributed by atoms with Crippen molar-refractivity contribution in [1.82, 2.24) is 14.5 Å². The number of hydrogen-bond donors (Lipinski definition) is 1. The second-order valence-corrected chi connectivity index (χ2v) is 7.38. The predicted molar refractivity (Wildman–Crippen MR) is 118 cm³/mol. The van der Waals surface area contributed by atoms with E-state index < -0.39 is 6.04 Å². The van der Waals surface area contributed by atoms with Gasteiger partial charge < -0.3 is 10.2 Å². The molecule has 3 rings (SSSR count).